The van der Waals surface area contributed by atoms with E-state index in [1.54, 1.807) is 24.3 Å². The second-order valence-electron chi connectivity index (χ2n) is 3.83. The van der Waals surface area contributed by atoms with Gasteiger partial charge in [-0.15, -0.1) is 0 Å². The largest absolute Gasteiger partial charge is 0.462 e. The van der Waals surface area contributed by atoms with E-state index >= 15 is 0 Å². The van der Waals surface area contributed by atoms with Crippen LogP contribution in [0.1, 0.15) is 31.4 Å². The maximum atomic E-state index is 11.6. The van der Waals surface area contributed by atoms with Gasteiger partial charge in [0.15, 0.2) is 0 Å². The van der Waals surface area contributed by atoms with Crippen molar-refractivity contribution in [2.75, 3.05) is 6.61 Å². The molecule has 0 radical (unpaired) electrons. The van der Waals surface area contributed by atoms with Gasteiger partial charge in [-0.2, -0.15) is 0 Å². The molecule has 0 aliphatic rings. The van der Waals surface area contributed by atoms with Gasteiger partial charge in [0.25, 0.3) is 0 Å². The van der Waals surface area contributed by atoms with Crippen LogP contribution in [0.15, 0.2) is 42.5 Å². The van der Waals surface area contributed by atoms with Gasteiger partial charge in [-0.05, 0) is 12.0 Å². The van der Waals surface area contributed by atoms with Crippen molar-refractivity contribution < 1.29 is 14.6 Å². The van der Waals surface area contributed by atoms with Crippen molar-refractivity contribution in [3.63, 3.8) is 0 Å². The first kappa shape index (κ1) is 13.5. The monoisotopic (exact) mass is 234 g/mol. The van der Waals surface area contributed by atoms with E-state index in [1.807, 2.05) is 13.0 Å². The molecular weight excluding hydrogens is 216 g/mol. The summed E-state index contributed by atoms with van der Waals surface area (Å²) in [6.07, 6.45) is 0.784. The van der Waals surface area contributed by atoms with Gasteiger partial charge in [0.05, 0.1) is 12.2 Å². The van der Waals surface area contributed by atoms with E-state index in [1.165, 1.54) is 0 Å². The summed E-state index contributed by atoms with van der Waals surface area (Å²) in [6.45, 7) is 5.97. The molecule has 0 fully saturated rings. The summed E-state index contributed by atoms with van der Waals surface area (Å²) in [5.41, 5.74) is 0.720. The fraction of sp³-hybridized carbons (Fsp3) is 0.357. The van der Waals surface area contributed by atoms with Crippen molar-refractivity contribution in [1.82, 2.24) is 0 Å². The minimum atomic E-state index is -0.995. The molecule has 0 saturated carbocycles. The third-order valence-electron chi connectivity index (χ3n) is 2.44. The van der Waals surface area contributed by atoms with Crippen molar-refractivity contribution in [1.29, 1.82) is 0 Å². The molecule has 17 heavy (non-hydrogen) atoms. The van der Waals surface area contributed by atoms with Crippen molar-refractivity contribution in [3.8, 4) is 0 Å². The quantitative estimate of drug-likeness (QED) is 0.467. The zero-order valence-corrected chi connectivity index (χ0v) is 10.1. The predicted octanol–water partition coefficient (Wildman–Crippen LogP) is 2.62. The minimum absolute atomic E-state index is 0.0762. The van der Waals surface area contributed by atoms with E-state index in [0.29, 0.717) is 12.2 Å². The summed E-state index contributed by atoms with van der Waals surface area (Å²) in [4.78, 5) is 11.6. The SMILES string of the molecule is C=C(C(=O)OCCCC)[C@H](O)c1ccccc1. The molecule has 1 aromatic rings. The molecule has 1 N–H and O–H groups in total. The molecule has 92 valence electrons. The number of benzene rings is 1. The Kier molecular flexibility index (Phi) is 5.43. The normalized spacial score (nSPS) is 11.9. The van der Waals surface area contributed by atoms with E-state index in [0.717, 1.165) is 12.8 Å². The van der Waals surface area contributed by atoms with Crippen LogP contribution in [0.4, 0.5) is 0 Å². The maximum Gasteiger partial charge on any atom is 0.336 e. The van der Waals surface area contributed by atoms with Crippen LogP contribution in [0, 0.1) is 0 Å². The zero-order valence-electron chi connectivity index (χ0n) is 10.1. The fourth-order valence-corrected chi connectivity index (χ4v) is 1.35. The lowest BCUT2D eigenvalue weighted by molar-refractivity contribution is -0.140. The Morgan fingerprint density at radius 3 is 2.65 bits per heavy atom. The van der Waals surface area contributed by atoms with E-state index in [9.17, 15) is 9.90 Å². The molecule has 0 aromatic heterocycles. The zero-order chi connectivity index (χ0) is 12.7. The molecule has 0 unspecified atom stereocenters. The molecule has 3 heteroatoms. The van der Waals surface area contributed by atoms with Gasteiger partial charge in [0.1, 0.15) is 6.10 Å². The number of unbranched alkanes of at least 4 members (excludes halogenated alkanes) is 1. The highest BCUT2D eigenvalue weighted by Gasteiger charge is 2.19. The summed E-state index contributed by atoms with van der Waals surface area (Å²) in [6, 6.07) is 8.94. The first-order chi connectivity index (χ1) is 8.16. The minimum Gasteiger partial charge on any atom is -0.462 e. The lowest BCUT2D eigenvalue weighted by Crippen LogP contribution is -2.14. The number of aliphatic hydroxyl groups is 1. The first-order valence-corrected chi connectivity index (χ1v) is 5.75. The average molecular weight is 234 g/mol. The third kappa shape index (κ3) is 4.04. The highest BCUT2D eigenvalue weighted by Crippen LogP contribution is 2.20. The molecule has 0 bridgehead atoms. The average Bonchev–Trinajstić information content (AvgIpc) is 2.38. The molecule has 1 atom stereocenters. The number of carbonyl (C=O) groups excluding carboxylic acids is 1. The van der Waals surface area contributed by atoms with Crippen LogP contribution in [0.3, 0.4) is 0 Å². The van der Waals surface area contributed by atoms with Gasteiger partial charge in [-0.3, -0.25) is 0 Å². The highest BCUT2D eigenvalue weighted by atomic mass is 16.5. The molecule has 0 aliphatic carbocycles. The lowest BCUT2D eigenvalue weighted by atomic mass is 10.0. The second-order valence-corrected chi connectivity index (χ2v) is 3.83. The standard InChI is InChI=1S/C14H18O3/c1-3-4-10-17-14(16)11(2)13(15)12-8-6-5-7-9-12/h5-9,13,15H,2-4,10H2,1H3/t13-/m0/s1. The second kappa shape index (κ2) is 6.86. The number of esters is 1. The Bertz CT molecular complexity index is 370. The van der Waals surface area contributed by atoms with E-state index in [2.05, 4.69) is 6.58 Å². The number of hydrogen-bond donors (Lipinski definition) is 1. The van der Waals surface area contributed by atoms with Crippen LogP contribution >= 0.6 is 0 Å². The van der Waals surface area contributed by atoms with E-state index < -0.39 is 12.1 Å². The van der Waals surface area contributed by atoms with Crippen LogP contribution in [-0.2, 0) is 9.53 Å². The summed E-state index contributed by atoms with van der Waals surface area (Å²) in [7, 11) is 0. The fourth-order valence-electron chi connectivity index (χ4n) is 1.35. The van der Waals surface area contributed by atoms with Crippen molar-refractivity contribution in [2.24, 2.45) is 0 Å². The number of hydrogen-bond acceptors (Lipinski definition) is 3. The first-order valence-electron chi connectivity index (χ1n) is 5.75. The van der Waals surface area contributed by atoms with Gasteiger partial charge < -0.3 is 9.84 Å². The van der Waals surface area contributed by atoms with Gasteiger partial charge >= 0.3 is 5.97 Å². The van der Waals surface area contributed by atoms with Gasteiger partial charge in [0, 0.05) is 0 Å². The number of rotatable bonds is 6. The Morgan fingerprint density at radius 1 is 1.41 bits per heavy atom. The molecule has 1 aromatic carbocycles. The van der Waals surface area contributed by atoms with Crippen molar-refractivity contribution in [3.05, 3.63) is 48.0 Å². The molecule has 0 aliphatic heterocycles. The highest BCUT2D eigenvalue weighted by molar-refractivity contribution is 5.89. The Morgan fingerprint density at radius 2 is 2.06 bits per heavy atom. The lowest BCUT2D eigenvalue weighted by Gasteiger charge is -2.13. The smallest absolute Gasteiger partial charge is 0.336 e. The molecular formula is C14H18O3. The van der Waals surface area contributed by atoms with Crippen LogP contribution < -0.4 is 0 Å². The van der Waals surface area contributed by atoms with Crippen LogP contribution in [0.25, 0.3) is 0 Å². The van der Waals surface area contributed by atoms with Crippen LogP contribution in [-0.4, -0.2) is 17.7 Å². The number of ether oxygens (including phenoxy) is 1. The van der Waals surface area contributed by atoms with Gasteiger partial charge in [-0.1, -0.05) is 50.3 Å². The van der Waals surface area contributed by atoms with E-state index in [-0.39, 0.29) is 5.57 Å². The third-order valence-corrected chi connectivity index (χ3v) is 2.44. The summed E-state index contributed by atoms with van der Waals surface area (Å²) < 4.78 is 4.99. The summed E-state index contributed by atoms with van der Waals surface area (Å²) >= 11 is 0. The molecule has 3 nitrogen and oxygen atoms in total. The molecule has 0 amide bonds. The Balaban J connectivity index is 2.55. The summed E-state index contributed by atoms with van der Waals surface area (Å²) in [5, 5.41) is 9.92. The molecule has 1 rings (SSSR count). The molecule has 0 heterocycles. The van der Waals surface area contributed by atoms with Crippen molar-refractivity contribution >= 4 is 5.97 Å². The Hall–Kier alpha value is -1.61. The summed E-state index contributed by atoms with van der Waals surface area (Å²) in [5.74, 6) is -0.533. The Labute approximate surface area is 102 Å². The number of carbonyl (C=O) groups is 1. The molecule has 0 saturated heterocycles. The van der Waals surface area contributed by atoms with Gasteiger partial charge in [0.2, 0.25) is 0 Å². The molecule has 0 spiro atoms. The topological polar surface area (TPSA) is 46.5 Å². The maximum absolute atomic E-state index is 11.6. The van der Waals surface area contributed by atoms with Crippen molar-refractivity contribution in [2.45, 2.75) is 25.9 Å². The predicted molar refractivity (Wildman–Crippen MR) is 66.4 cm³/mol. The van der Waals surface area contributed by atoms with E-state index in [4.69, 9.17) is 4.74 Å². The van der Waals surface area contributed by atoms with Gasteiger partial charge in [-0.25, -0.2) is 4.79 Å². The van der Waals surface area contributed by atoms with Crippen LogP contribution in [0.5, 0.6) is 0 Å². The van der Waals surface area contributed by atoms with Crippen LogP contribution in [0.2, 0.25) is 0 Å². The number of aliphatic hydroxyl groups excluding tert-OH is 1.